The maximum absolute atomic E-state index is 12.7. The number of alkyl carbamates (subject to hydrolysis) is 1. The van der Waals surface area contributed by atoms with E-state index in [1.165, 1.54) is 22.9 Å². The standard InChI is InChI=1S/C23H30IN5O2S/c1-14-18(24)28-20(26-14)32-19(25)29-11-9-23(10-12-29)13-15-7-5-6-8-16(15)17(23)27-21(30)31-22(2,3)4/h5-8,17,25H,9-13H2,1-4H3,(H,26,28)(H,27,30)/t17-/m1/s1. The molecule has 0 bridgehead atoms. The Kier molecular flexibility index (Phi) is 6.50. The van der Waals surface area contributed by atoms with Gasteiger partial charge in [0.15, 0.2) is 10.3 Å². The second-order valence-electron chi connectivity index (χ2n) is 9.67. The highest BCUT2D eigenvalue weighted by Crippen LogP contribution is 2.52. The molecule has 0 unspecified atom stereocenters. The molecule has 1 aliphatic heterocycles. The Morgan fingerprint density at radius 3 is 2.66 bits per heavy atom. The topological polar surface area (TPSA) is 94.1 Å². The van der Waals surface area contributed by atoms with Gasteiger partial charge < -0.3 is 19.9 Å². The van der Waals surface area contributed by atoms with Gasteiger partial charge in [0.05, 0.1) is 6.04 Å². The molecule has 2 heterocycles. The second kappa shape index (κ2) is 8.89. The van der Waals surface area contributed by atoms with E-state index in [2.05, 4.69) is 61.0 Å². The number of thioether (sulfide) groups is 1. The first-order valence-corrected chi connectivity index (χ1v) is 12.8. The summed E-state index contributed by atoms with van der Waals surface area (Å²) in [5, 5.41) is 13.0. The number of fused-ring (bicyclic) bond motifs is 1. The molecule has 2 aliphatic rings. The number of aromatic nitrogens is 2. The minimum absolute atomic E-state index is 0.0569. The van der Waals surface area contributed by atoms with Crippen LogP contribution in [0.15, 0.2) is 29.4 Å². The fourth-order valence-electron chi connectivity index (χ4n) is 4.68. The third-order valence-corrected chi connectivity index (χ3v) is 8.11. The van der Waals surface area contributed by atoms with Crippen LogP contribution in [-0.2, 0) is 11.2 Å². The number of hydrogen-bond donors (Lipinski definition) is 3. The number of ether oxygens (including phenoxy) is 1. The molecular weight excluding hydrogens is 537 g/mol. The molecule has 4 rings (SSSR count). The number of amides is 1. The summed E-state index contributed by atoms with van der Waals surface area (Å²) in [5.74, 6) is 0. The molecule has 1 aromatic heterocycles. The summed E-state index contributed by atoms with van der Waals surface area (Å²) in [5.41, 5.74) is 2.92. The number of benzene rings is 1. The molecule has 0 radical (unpaired) electrons. The van der Waals surface area contributed by atoms with Gasteiger partial charge in [-0.15, -0.1) is 0 Å². The van der Waals surface area contributed by atoms with Gasteiger partial charge >= 0.3 is 6.09 Å². The lowest BCUT2D eigenvalue weighted by atomic mass is 9.73. The molecule has 1 aromatic carbocycles. The number of aromatic amines is 1. The number of piperidine rings is 1. The van der Waals surface area contributed by atoms with Crippen LogP contribution in [0.4, 0.5) is 4.79 Å². The summed E-state index contributed by atoms with van der Waals surface area (Å²) in [4.78, 5) is 22.5. The molecule has 1 atom stereocenters. The van der Waals surface area contributed by atoms with Gasteiger partial charge in [0.1, 0.15) is 9.30 Å². The number of H-pyrrole nitrogens is 1. The Hall–Kier alpha value is -1.75. The quantitative estimate of drug-likeness (QED) is 0.200. The summed E-state index contributed by atoms with van der Waals surface area (Å²) < 4.78 is 6.52. The van der Waals surface area contributed by atoms with Crippen molar-refractivity contribution < 1.29 is 9.53 Å². The number of imidazole rings is 1. The maximum Gasteiger partial charge on any atom is 0.408 e. The van der Waals surface area contributed by atoms with Gasteiger partial charge in [-0.25, -0.2) is 9.78 Å². The molecule has 3 N–H and O–H groups in total. The van der Waals surface area contributed by atoms with Crippen LogP contribution in [-0.4, -0.2) is 44.8 Å². The number of aryl methyl sites for hydroxylation is 1. The zero-order valence-electron chi connectivity index (χ0n) is 18.9. The summed E-state index contributed by atoms with van der Waals surface area (Å²) in [6, 6.07) is 8.31. The van der Waals surface area contributed by atoms with E-state index < -0.39 is 5.60 Å². The van der Waals surface area contributed by atoms with E-state index >= 15 is 0 Å². The summed E-state index contributed by atoms with van der Waals surface area (Å²) in [7, 11) is 0. The van der Waals surface area contributed by atoms with Gasteiger partial charge in [0, 0.05) is 24.2 Å². The fraction of sp³-hybridized carbons (Fsp3) is 0.522. The number of rotatable bonds is 2. The van der Waals surface area contributed by atoms with Crippen LogP contribution in [0.3, 0.4) is 0 Å². The number of carbonyl (C=O) groups excluding carboxylic acids is 1. The molecule has 7 nitrogen and oxygen atoms in total. The lowest BCUT2D eigenvalue weighted by molar-refractivity contribution is 0.0393. The SMILES string of the molecule is Cc1[nH]c(SC(=N)N2CCC3(CC2)Cc2ccccc2[C@H]3NC(=O)OC(C)(C)C)nc1I. The highest BCUT2D eigenvalue weighted by molar-refractivity contribution is 14.1. The van der Waals surface area contributed by atoms with Crippen LogP contribution >= 0.6 is 34.4 Å². The molecule has 172 valence electrons. The maximum atomic E-state index is 12.7. The van der Waals surface area contributed by atoms with Crippen molar-refractivity contribution in [2.24, 2.45) is 5.41 Å². The Labute approximate surface area is 207 Å². The third kappa shape index (κ3) is 4.93. The number of hydrogen-bond acceptors (Lipinski definition) is 5. The molecule has 2 aromatic rings. The third-order valence-electron chi connectivity index (χ3n) is 6.23. The summed E-state index contributed by atoms with van der Waals surface area (Å²) >= 11 is 3.57. The zero-order chi connectivity index (χ0) is 23.1. The molecule has 1 fully saturated rings. The highest BCUT2D eigenvalue weighted by Gasteiger charge is 2.48. The van der Waals surface area contributed by atoms with Gasteiger partial charge in [-0.2, -0.15) is 0 Å². The number of amidine groups is 1. The van der Waals surface area contributed by atoms with Gasteiger partial charge in [0.25, 0.3) is 0 Å². The van der Waals surface area contributed by atoms with Crippen molar-refractivity contribution in [3.8, 4) is 0 Å². The van der Waals surface area contributed by atoms with Crippen molar-refractivity contribution in [1.82, 2.24) is 20.2 Å². The largest absolute Gasteiger partial charge is 0.444 e. The Bertz CT molecular complexity index is 1000. The fourth-order valence-corrected chi connectivity index (χ4v) is 6.06. The molecule has 9 heteroatoms. The van der Waals surface area contributed by atoms with E-state index in [1.807, 2.05) is 33.8 Å². The van der Waals surface area contributed by atoms with Crippen LogP contribution in [0.25, 0.3) is 0 Å². The average Bonchev–Trinajstić information content (AvgIpc) is 3.17. The van der Waals surface area contributed by atoms with Gasteiger partial charge in [-0.05, 0) is 92.4 Å². The number of carbonyl (C=O) groups is 1. The molecule has 0 saturated carbocycles. The van der Waals surface area contributed by atoms with Crippen LogP contribution < -0.4 is 5.32 Å². The van der Waals surface area contributed by atoms with Crippen molar-refractivity contribution in [2.45, 2.75) is 63.8 Å². The lowest BCUT2D eigenvalue weighted by Crippen LogP contribution is -2.48. The van der Waals surface area contributed by atoms with Crippen LogP contribution in [0.5, 0.6) is 0 Å². The second-order valence-corrected chi connectivity index (χ2v) is 11.7. The van der Waals surface area contributed by atoms with Gasteiger partial charge in [-0.1, -0.05) is 24.3 Å². The average molecular weight is 567 g/mol. The minimum atomic E-state index is -0.535. The molecular formula is C23H30IN5O2S. The van der Waals surface area contributed by atoms with Crippen molar-refractivity contribution in [3.05, 3.63) is 44.8 Å². The van der Waals surface area contributed by atoms with E-state index in [4.69, 9.17) is 10.1 Å². The Morgan fingerprint density at radius 2 is 2.03 bits per heavy atom. The van der Waals surface area contributed by atoms with E-state index in [9.17, 15) is 4.79 Å². The first-order chi connectivity index (χ1) is 15.1. The first-order valence-electron chi connectivity index (χ1n) is 10.9. The molecule has 32 heavy (non-hydrogen) atoms. The Balaban J connectivity index is 1.46. The molecule has 1 aliphatic carbocycles. The van der Waals surface area contributed by atoms with Gasteiger partial charge in [0.2, 0.25) is 0 Å². The van der Waals surface area contributed by atoms with Crippen LogP contribution in [0.2, 0.25) is 0 Å². The minimum Gasteiger partial charge on any atom is -0.444 e. The molecule has 1 saturated heterocycles. The zero-order valence-corrected chi connectivity index (χ0v) is 21.9. The predicted octanol–water partition coefficient (Wildman–Crippen LogP) is 5.25. The van der Waals surface area contributed by atoms with Crippen molar-refractivity contribution in [3.63, 3.8) is 0 Å². The van der Waals surface area contributed by atoms with E-state index in [0.717, 1.165) is 46.9 Å². The summed E-state index contributed by atoms with van der Waals surface area (Å²) in [6.07, 6.45) is 2.37. The van der Waals surface area contributed by atoms with Crippen LogP contribution in [0, 0.1) is 21.4 Å². The Morgan fingerprint density at radius 1 is 1.34 bits per heavy atom. The van der Waals surface area contributed by atoms with E-state index in [1.54, 1.807) is 0 Å². The van der Waals surface area contributed by atoms with Crippen molar-refractivity contribution >= 4 is 45.6 Å². The normalized spacial score (nSPS) is 19.7. The van der Waals surface area contributed by atoms with Crippen molar-refractivity contribution in [1.29, 1.82) is 5.41 Å². The van der Waals surface area contributed by atoms with Crippen LogP contribution in [0.1, 0.15) is 56.5 Å². The number of nitrogens with zero attached hydrogens (tertiary/aromatic N) is 2. The monoisotopic (exact) mass is 567 g/mol. The van der Waals surface area contributed by atoms with Gasteiger partial charge in [-0.3, -0.25) is 5.41 Å². The lowest BCUT2D eigenvalue weighted by Gasteiger charge is -2.44. The number of nitrogens with one attached hydrogen (secondary N) is 3. The van der Waals surface area contributed by atoms with E-state index in [0.29, 0.717) is 5.17 Å². The first kappa shape index (κ1) is 23.4. The molecule has 1 amide bonds. The number of halogens is 1. The van der Waals surface area contributed by atoms with E-state index in [-0.39, 0.29) is 17.6 Å². The molecule has 1 spiro atoms. The van der Waals surface area contributed by atoms with Crippen molar-refractivity contribution in [2.75, 3.05) is 13.1 Å². The summed E-state index contributed by atoms with van der Waals surface area (Å²) in [6.45, 7) is 9.20. The number of likely N-dealkylation sites (tertiary alicyclic amines) is 1. The predicted molar refractivity (Wildman–Crippen MR) is 135 cm³/mol. The highest BCUT2D eigenvalue weighted by atomic mass is 127. The smallest absolute Gasteiger partial charge is 0.408 e.